The van der Waals surface area contributed by atoms with Gasteiger partial charge in [-0.15, -0.1) is 21.5 Å². The quantitative estimate of drug-likeness (QED) is 0.324. The van der Waals surface area contributed by atoms with Crippen LogP contribution in [-0.2, 0) is 16.6 Å². The lowest BCUT2D eigenvalue weighted by Gasteiger charge is -2.08. The summed E-state index contributed by atoms with van der Waals surface area (Å²) < 4.78 is 35.5. The van der Waals surface area contributed by atoms with Gasteiger partial charge in [0.25, 0.3) is 5.91 Å². The molecule has 0 aliphatic rings. The fourth-order valence-electron chi connectivity index (χ4n) is 3.13. The number of benzene rings is 1. The number of ether oxygens (including phenoxy) is 2. The van der Waals surface area contributed by atoms with Crippen molar-refractivity contribution in [2.75, 3.05) is 32.3 Å². The summed E-state index contributed by atoms with van der Waals surface area (Å²) in [5.74, 6) is -0.941. The molecular weight excluding hydrogens is 516 g/mol. The van der Waals surface area contributed by atoms with Crippen LogP contribution >= 0.6 is 23.1 Å². The number of halogens is 2. The molecule has 0 spiro atoms. The van der Waals surface area contributed by atoms with Gasteiger partial charge in [0, 0.05) is 26.7 Å². The molecule has 3 aromatic rings. The maximum Gasteiger partial charge on any atom is 0.387 e. The van der Waals surface area contributed by atoms with Crippen LogP contribution in [0.5, 0.6) is 5.75 Å². The second kappa shape index (κ2) is 11.5. The second-order valence-electron chi connectivity index (χ2n) is 7.56. The number of anilines is 1. The molecule has 1 aromatic carbocycles. The molecule has 10 nitrogen and oxygen atoms in total. The van der Waals surface area contributed by atoms with Crippen LogP contribution in [0.15, 0.2) is 29.4 Å². The molecular formula is C22H23F2N5O5S2. The molecule has 192 valence electrons. The second-order valence-corrected chi connectivity index (χ2v) is 9.52. The molecule has 2 aromatic heterocycles. The molecule has 0 fully saturated rings. The number of aromatic nitrogens is 3. The number of hydrogen-bond donors (Lipinski definition) is 1. The average Bonchev–Trinajstić information content (AvgIpc) is 3.35. The van der Waals surface area contributed by atoms with Gasteiger partial charge in [-0.1, -0.05) is 11.8 Å². The Balaban J connectivity index is 1.72. The fourth-order valence-corrected chi connectivity index (χ4v) is 5.07. The molecule has 0 atom stereocenters. The normalized spacial score (nSPS) is 10.9. The van der Waals surface area contributed by atoms with Crippen LogP contribution in [0.3, 0.4) is 0 Å². The predicted octanol–water partition coefficient (Wildman–Crippen LogP) is 3.67. The highest BCUT2D eigenvalue weighted by atomic mass is 32.2. The number of carbonyl (C=O) groups excluding carboxylic acids is 3. The molecule has 36 heavy (non-hydrogen) atoms. The smallest absolute Gasteiger partial charge is 0.387 e. The Hall–Kier alpha value is -3.52. The molecule has 2 amide bonds. The largest absolute Gasteiger partial charge is 0.465 e. The minimum Gasteiger partial charge on any atom is -0.465 e. The van der Waals surface area contributed by atoms with E-state index < -0.39 is 18.5 Å². The highest BCUT2D eigenvalue weighted by molar-refractivity contribution is 7.99. The monoisotopic (exact) mass is 539 g/mol. The van der Waals surface area contributed by atoms with E-state index in [4.69, 9.17) is 4.74 Å². The van der Waals surface area contributed by atoms with Gasteiger partial charge in [0.05, 0.1) is 23.3 Å². The van der Waals surface area contributed by atoms with Gasteiger partial charge in [0.1, 0.15) is 10.8 Å². The molecule has 0 saturated heterocycles. The van der Waals surface area contributed by atoms with Gasteiger partial charge in [-0.2, -0.15) is 8.78 Å². The average molecular weight is 540 g/mol. The number of alkyl halides is 2. The Labute approximate surface area is 213 Å². The molecule has 0 bridgehead atoms. The number of rotatable bonds is 9. The zero-order valence-electron chi connectivity index (χ0n) is 20.0. The van der Waals surface area contributed by atoms with Crippen molar-refractivity contribution < 1.29 is 32.6 Å². The van der Waals surface area contributed by atoms with Gasteiger partial charge in [-0.05, 0) is 36.8 Å². The van der Waals surface area contributed by atoms with Crippen molar-refractivity contribution in [2.45, 2.75) is 18.7 Å². The standard InChI is InChI=1S/C22H23F2N5O5S2/c1-11-15(20(32)33-5)18(36-16(11)19(31)28(2)3)25-14(30)10-35-22-27-26-17(29(22)4)12-6-8-13(9-7-12)34-21(23)24/h6-9,21H,10H2,1-5H3,(H,25,30). The first-order chi connectivity index (χ1) is 17.0. The summed E-state index contributed by atoms with van der Waals surface area (Å²) >= 11 is 2.11. The number of thioether (sulfide) groups is 1. The summed E-state index contributed by atoms with van der Waals surface area (Å²) in [7, 11) is 6.11. The van der Waals surface area contributed by atoms with Crippen LogP contribution < -0.4 is 10.1 Å². The number of nitrogens with one attached hydrogen (secondary N) is 1. The Morgan fingerprint density at radius 1 is 1.19 bits per heavy atom. The van der Waals surface area contributed by atoms with Crippen LogP contribution in [-0.4, -0.2) is 71.0 Å². The molecule has 3 rings (SSSR count). The Kier molecular flexibility index (Phi) is 8.63. The summed E-state index contributed by atoms with van der Waals surface area (Å²) in [5.41, 5.74) is 1.18. The maximum atomic E-state index is 12.7. The predicted molar refractivity (Wildman–Crippen MR) is 131 cm³/mol. The van der Waals surface area contributed by atoms with Crippen molar-refractivity contribution in [1.29, 1.82) is 0 Å². The Bertz CT molecular complexity index is 1270. The van der Waals surface area contributed by atoms with E-state index in [1.165, 1.54) is 24.1 Å². The van der Waals surface area contributed by atoms with Gasteiger partial charge in [-0.3, -0.25) is 9.59 Å². The van der Waals surface area contributed by atoms with E-state index >= 15 is 0 Å². The summed E-state index contributed by atoms with van der Waals surface area (Å²) in [6.45, 7) is -1.29. The van der Waals surface area contributed by atoms with Gasteiger partial charge in [-0.25, -0.2) is 4.79 Å². The van der Waals surface area contributed by atoms with E-state index in [1.807, 2.05) is 0 Å². The number of nitrogens with zero attached hydrogens (tertiary/aromatic N) is 4. The van der Waals surface area contributed by atoms with Crippen LogP contribution in [0, 0.1) is 6.92 Å². The third-order valence-corrected chi connectivity index (χ3v) is 7.11. The van der Waals surface area contributed by atoms with E-state index in [0.29, 0.717) is 27.0 Å². The third-order valence-electron chi connectivity index (χ3n) is 4.89. The van der Waals surface area contributed by atoms with E-state index in [2.05, 4.69) is 20.3 Å². The molecule has 0 aliphatic carbocycles. The summed E-state index contributed by atoms with van der Waals surface area (Å²) in [6, 6.07) is 5.94. The lowest BCUT2D eigenvalue weighted by molar-refractivity contribution is -0.113. The van der Waals surface area contributed by atoms with Gasteiger partial charge < -0.3 is 24.3 Å². The summed E-state index contributed by atoms with van der Waals surface area (Å²) in [5, 5.41) is 11.5. The van der Waals surface area contributed by atoms with Gasteiger partial charge >= 0.3 is 12.6 Å². The topological polar surface area (TPSA) is 116 Å². The highest BCUT2D eigenvalue weighted by Gasteiger charge is 2.27. The molecule has 1 N–H and O–H groups in total. The van der Waals surface area contributed by atoms with Crippen molar-refractivity contribution >= 4 is 45.9 Å². The first-order valence-corrected chi connectivity index (χ1v) is 12.1. The number of thiophene rings is 1. The minimum absolute atomic E-state index is 0.0211. The maximum absolute atomic E-state index is 12.7. The van der Waals surface area contributed by atoms with E-state index in [9.17, 15) is 23.2 Å². The Morgan fingerprint density at radius 3 is 2.44 bits per heavy atom. The molecule has 14 heteroatoms. The van der Waals surface area contributed by atoms with Crippen molar-refractivity contribution in [2.24, 2.45) is 7.05 Å². The van der Waals surface area contributed by atoms with Crippen LogP contribution in [0.2, 0.25) is 0 Å². The highest BCUT2D eigenvalue weighted by Crippen LogP contribution is 2.34. The van der Waals surface area contributed by atoms with Crippen molar-refractivity contribution in [3.63, 3.8) is 0 Å². The van der Waals surface area contributed by atoms with E-state index in [0.717, 1.165) is 23.1 Å². The van der Waals surface area contributed by atoms with E-state index in [-0.39, 0.29) is 28.0 Å². The molecule has 0 saturated carbocycles. The van der Waals surface area contributed by atoms with Crippen molar-refractivity contribution in [1.82, 2.24) is 19.7 Å². The van der Waals surface area contributed by atoms with Crippen molar-refractivity contribution in [3.05, 3.63) is 40.3 Å². The number of esters is 1. The van der Waals surface area contributed by atoms with E-state index in [1.54, 1.807) is 44.8 Å². The lowest BCUT2D eigenvalue weighted by Crippen LogP contribution is -2.21. The van der Waals surface area contributed by atoms with Gasteiger partial charge in [0.15, 0.2) is 11.0 Å². The van der Waals surface area contributed by atoms with Crippen molar-refractivity contribution in [3.8, 4) is 17.1 Å². The van der Waals surface area contributed by atoms with Crippen LogP contribution in [0.4, 0.5) is 13.8 Å². The molecule has 2 heterocycles. The van der Waals surface area contributed by atoms with Gasteiger partial charge in [0.2, 0.25) is 5.91 Å². The first-order valence-electron chi connectivity index (χ1n) is 10.3. The van der Waals surface area contributed by atoms with Crippen LogP contribution in [0.1, 0.15) is 25.6 Å². The lowest BCUT2D eigenvalue weighted by atomic mass is 10.1. The molecule has 0 aliphatic heterocycles. The summed E-state index contributed by atoms with van der Waals surface area (Å²) in [4.78, 5) is 39.2. The zero-order chi connectivity index (χ0) is 26.6. The Morgan fingerprint density at radius 2 is 1.86 bits per heavy atom. The molecule has 0 unspecified atom stereocenters. The molecule has 0 radical (unpaired) electrons. The number of hydrogen-bond acceptors (Lipinski definition) is 9. The third kappa shape index (κ3) is 5.99. The number of amides is 2. The summed E-state index contributed by atoms with van der Waals surface area (Å²) in [6.07, 6.45) is 0. The van der Waals surface area contributed by atoms with Crippen LogP contribution in [0.25, 0.3) is 11.4 Å². The zero-order valence-corrected chi connectivity index (χ0v) is 21.6. The fraction of sp³-hybridized carbons (Fsp3) is 0.318. The first kappa shape index (κ1) is 27.1. The number of carbonyl (C=O) groups is 3. The number of methoxy groups -OCH3 is 1. The minimum atomic E-state index is -2.92. The SMILES string of the molecule is COC(=O)c1c(NC(=O)CSc2nnc(-c3ccc(OC(F)F)cc3)n2C)sc(C(=O)N(C)C)c1C.